The van der Waals surface area contributed by atoms with Crippen molar-refractivity contribution in [3.8, 4) is 5.75 Å². The molecule has 6 heteroatoms. The summed E-state index contributed by atoms with van der Waals surface area (Å²) in [5.74, 6) is 0.744. The molecule has 1 rings (SSSR count). The second-order valence-electron chi connectivity index (χ2n) is 2.54. The fourth-order valence-corrected chi connectivity index (χ4v) is 1.46. The van der Waals surface area contributed by atoms with Gasteiger partial charge in [-0.15, -0.1) is 0 Å². The summed E-state index contributed by atoms with van der Waals surface area (Å²) in [6, 6.07) is 7.10. The van der Waals surface area contributed by atoms with Crippen LogP contribution in [0.15, 0.2) is 24.3 Å². The van der Waals surface area contributed by atoms with Crippen molar-refractivity contribution in [2.75, 3.05) is 7.11 Å². The minimum atomic E-state index is -3.44. The van der Waals surface area contributed by atoms with Crippen LogP contribution in [0.1, 0.15) is 5.56 Å². The molecule has 0 aliphatic rings. The van der Waals surface area contributed by atoms with Gasteiger partial charge in [-0.05, 0) is 40.2 Å². The van der Waals surface area contributed by atoms with E-state index in [1.54, 1.807) is 31.4 Å². The van der Waals surface area contributed by atoms with Crippen molar-refractivity contribution in [2.24, 2.45) is 0 Å². The van der Waals surface area contributed by atoms with Gasteiger partial charge in [0.15, 0.2) is 0 Å². The Balaban J connectivity index is 2.56. The van der Waals surface area contributed by atoms with Crippen molar-refractivity contribution in [1.82, 2.24) is 0 Å². The van der Waals surface area contributed by atoms with E-state index in [9.17, 15) is 4.57 Å². The predicted octanol–water partition coefficient (Wildman–Crippen LogP) is 3.80. The molecule has 0 aliphatic carbocycles. The molecule has 0 fully saturated rings. The van der Waals surface area contributed by atoms with Crippen LogP contribution in [0.2, 0.25) is 0 Å². The van der Waals surface area contributed by atoms with Crippen molar-refractivity contribution >= 4 is 28.6 Å². The Hall–Kier alpha value is -0.210. The van der Waals surface area contributed by atoms with Crippen LogP contribution in [0, 0.1) is 0 Å². The number of methoxy groups -OCH3 is 1. The van der Waals surface area contributed by atoms with Crippen LogP contribution >= 0.6 is 28.6 Å². The zero-order valence-corrected chi connectivity index (χ0v) is 9.85. The maximum atomic E-state index is 10.8. The smallest absolute Gasteiger partial charge is 0.380 e. The molecule has 0 saturated heterocycles. The monoisotopic (exact) mass is 254 g/mol. The van der Waals surface area contributed by atoms with Crippen LogP contribution in [0.3, 0.4) is 0 Å². The standard InChI is InChI=1S/C8H9Cl2O3P/c1-12-8-4-2-7(3-5-8)6-13-14(9,10)11/h2-5H,6H2,1H3. The summed E-state index contributed by atoms with van der Waals surface area (Å²) >= 11 is 10.4. The Bertz CT molecular complexity index is 333. The lowest BCUT2D eigenvalue weighted by molar-refractivity contribution is 0.323. The third-order valence-corrected chi connectivity index (χ3v) is 2.56. The first kappa shape index (κ1) is 11.9. The highest BCUT2D eigenvalue weighted by Crippen LogP contribution is 2.58. The molecule has 0 bridgehead atoms. The topological polar surface area (TPSA) is 35.5 Å². The highest BCUT2D eigenvalue weighted by molar-refractivity contribution is 8.05. The van der Waals surface area contributed by atoms with E-state index < -0.39 is 6.07 Å². The lowest BCUT2D eigenvalue weighted by atomic mass is 10.2. The Morgan fingerprint density at radius 2 is 1.86 bits per heavy atom. The molecule has 1 aromatic carbocycles. The van der Waals surface area contributed by atoms with Crippen molar-refractivity contribution < 1.29 is 13.8 Å². The van der Waals surface area contributed by atoms with Crippen molar-refractivity contribution in [3.63, 3.8) is 0 Å². The zero-order chi connectivity index (χ0) is 10.6. The first-order valence-electron chi connectivity index (χ1n) is 3.78. The lowest BCUT2D eigenvalue weighted by Crippen LogP contribution is -1.87. The van der Waals surface area contributed by atoms with E-state index in [0.717, 1.165) is 11.3 Å². The maximum Gasteiger partial charge on any atom is 0.380 e. The SMILES string of the molecule is COc1ccc(COP(=O)(Cl)Cl)cc1. The Morgan fingerprint density at radius 3 is 2.29 bits per heavy atom. The minimum Gasteiger partial charge on any atom is -0.497 e. The molecule has 0 aliphatic heterocycles. The van der Waals surface area contributed by atoms with Gasteiger partial charge >= 0.3 is 6.07 Å². The summed E-state index contributed by atoms with van der Waals surface area (Å²) in [7, 11) is 1.58. The van der Waals surface area contributed by atoms with Crippen LogP contribution in [-0.4, -0.2) is 7.11 Å². The molecule has 0 heterocycles. The average molecular weight is 255 g/mol. The normalized spacial score (nSPS) is 11.4. The molecule has 0 amide bonds. The summed E-state index contributed by atoms with van der Waals surface area (Å²) in [6.07, 6.45) is -3.44. The fraction of sp³-hybridized carbons (Fsp3) is 0.250. The van der Waals surface area contributed by atoms with Crippen LogP contribution in [0.5, 0.6) is 5.75 Å². The summed E-state index contributed by atoms with van der Waals surface area (Å²) in [5.41, 5.74) is 0.826. The van der Waals surface area contributed by atoms with E-state index in [0.29, 0.717) is 0 Å². The van der Waals surface area contributed by atoms with Crippen LogP contribution < -0.4 is 4.74 Å². The molecule has 0 N–H and O–H groups in total. The van der Waals surface area contributed by atoms with E-state index in [2.05, 4.69) is 0 Å². The molecule has 78 valence electrons. The molecule has 0 atom stereocenters. The van der Waals surface area contributed by atoms with Gasteiger partial charge < -0.3 is 9.26 Å². The van der Waals surface area contributed by atoms with Crippen molar-refractivity contribution in [2.45, 2.75) is 6.61 Å². The highest BCUT2D eigenvalue weighted by Gasteiger charge is 2.13. The first-order chi connectivity index (χ1) is 6.51. The molecule has 0 saturated carbocycles. The number of hydrogen-bond donors (Lipinski definition) is 0. The maximum absolute atomic E-state index is 10.8. The second-order valence-corrected chi connectivity index (χ2v) is 6.81. The van der Waals surface area contributed by atoms with Gasteiger partial charge in [-0.2, -0.15) is 0 Å². The van der Waals surface area contributed by atoms with Gasteiger partial charge in [0.25, 0.3) is 0 Å². The van der Waals surface area contributed by atoms with E-state index >= 15 is 0 Å². The Labute approximate surface area is 92.0 Å². The van der Waals surface area contributed by atoms with Crippen molar-refractivity contribution in [3.05, 3.63) is 29.8 Å². The molecule has 1 aromatic rings. The van der Waals surface area contributed by atoms with Crippen LogP contribution in [0.4, 0.5) is 0 Å². The average Bonchev–Trinajstić information content (AvgIpc) is 2.14. The second kappa shape index (κ2) is 5.04. The molecule has 0 spiro atoms. The summed E-state index contributed by atoms with van der Waals surface area (Å²) in [6.45, 7) is 0.119. The molecule has 14 heavy (non-hydrogen) atoms. The third-order valence-electron chi connectivity index (χ3n) is 1.54. The third kappa shape index (κ3) is 4.34. The molecule has 0 radical (unpaired) electrons. The van der Waals surface area contributed by atoms with Gasteiger partial charge in [0.1, 0.15) is 5.75 Å². The molecule has 0 aromatic heterocycles. The van der Waals surface area contributed by atoms with Gasteiger partial charge in [0, 0.05) is 0 Å². The van der Waals surface area contributed by atoms with E-state index in [4.69, 9.17) is 31.7 Å². The van der Waals surface area contributed by atoms with E-state index in [-0.39, 0.29) is 6.61 Å². The largest absolute Gasteiger partial charge is 0.497 e. The summed E-state index contributed by atoms with van der Waals surface area (Å²) < 4.78 is 20.5. The number of hydrogen-bond acceptors (Lipinski definition) is 3. The van der Waals surface area contributed by atoms with Gasteiger partial charge in [0.05, 0.1) is 13.7 Å². The molecular formula is C8H9Cl2O3P. The highest BCUT2D eigenvalue weighted by atomic mass is 35.9. The summed E-state index contributed by atoms with van der Waals surface area (Å²) in [4.78, 5) is 0. The minimum absolute atomic E-state index is 0.119. The van der Waals surface area contributed by atoms with Gasteiger partial charge in [-0.1, -0.05) is 12.1 Å². The molecular weight excluding hydrogens is 246 g/mol. The lowest BCUT2D eigenvalue weighted by Gasteiger charge is -2.05. The van der Waals surface area contributed by atoms with Crippen LogP contribution in [-0.2, 0) is 15.7 Å². The number of halogens is 2. The Morgan fingerprint density at radius 1 is 1.29 bits per heavy atom. The molecule has 3 nitrogen and oxygen atoms in total. The van der Waals surface area contributed by atoms with E-state index in [1.807, 2.05) is 0 Å². The fourth-order valence-electron chi connectivity index (χ4n) is 0.871. The quantitative estimate of drug-likeness (QED) is 0.767. The Kier molecular flexibility index (Phi) is 4.27. The number of rotatable bonds is 4. The molecule has 0 unspecified atom stereocenters. The predicted molar refractivity (Wildman–Crippen MR) is 57.1 cm³/mol. The number of benzene rings is 1. The van der Waals surface area contributed by atoms with Gasteiger partial charge in [0.2, 0.25) is 0 Å². The van der Waals surface area contributed by atoms with Gasteiger partial charge in [-0.25, -0.2) is 0 Å². The van der Waals surface area contributed by atoms with E-state index in [1.165, 1.54) is 0 Å². The number of ether oxygens (including phenoxy) is 1. The van der Waals surface area contributed by atoms with Gasteiger partial charge in [-0.3, -0.25) is 4.57 Å². The first-order valence-corrected chi connectivity index (χ1v) is 7.21. The zero-order valence-electron chi connectivity index (χ0n) is 7.44. The summed E-state index contributed by atoms with van der Waals surface area (Å²) in [5, 5.41) is 0. The van der Waals surface area contributed by atoms with Crippen molar-refractivity contribution in [1.29, 1.82) is 0 Å². The van der Waals surface area contributed by atoms with Crippen LogP contribution in [0.25, 0.3) is 0 Å².